The number of hydrogen-bond acceptors (Lipinski definition) is 6. The molecule has 186 valence electrons. The summed E-state index contributed by atoms with van der Waals surface area (Å²) < 4.78 is 21.9. The average Bonchev–Trinajstić information content (AvgIpc) is 2.85. The average molecular weight is 575 g/mol. The number of morpholine rings is 1. The SMILES string of the molecule is CCNC(=NCC(c1ccc(OC)c(OC)c1)N1CCOCC1)NCCC1=CCOCC1.I. The Balaban J connectivity index is 0.00000385. The molecule has 1 aromatic carbocycles. The Kier molecular flexibility index (Phi) is 12.9. The summed E-state index contributed by atoms with van der Waals surface area (Å²) in [7, 11) is 3.33. The quantitative estimate of drug-likeness (QED) is 0.193. The number of nitrogens with zero attached hydrogens (tertiary/aromatic N) is 2. The van der Waals surface area contributed by atoms with Gasteiger partial charge in [-0.2, -0.15) is 0 Å². The first-order valence-electron chi connectivity index (χ1n) is 11.6. The van der Waals surface area contributed by atoms with Crippen LogP contribution in [0, 0.1) is 0 Å². The monoisotopic (exact) mass is 574 g/mol. The van der Waals surface area contributed by atoms with Gasteiger partial charge in [-0.3, -0.25) is 9.89 Å². The van der Waals surface area contributed by atoms with Gasteiger partial charge in [-0.15, -0.1) is 24.0 Å². The fraction of sp³-hybridized carbons (Fsp3) is 0.625. The molecule has 2 N–H and O–H groups in total. The summed E-state index contributed by atoms with van der Waals surface area (Å²) in [6.07, 6.45) is 4.23. The van der Waals surface area contributed by atoms with Crippen LogP contribution in [0.25, 0.3) is 0 Å². The molecule has 2 aliphatic heterocycles. The second-order valence-electron chi connectivity index (χ2n) is 7.86. The van der Waals surface area contributed by atoms with Gasteiger partial charge in [0.2, 0.25) is 0 Å². The summed E-state index contributed by atoms with van der Waals surface area (Å²) in [6.45, 7) is 9.21. The molecule has 0 aliphatic carbocycles. The lowest BCUT2D eigenvalue weighted by atomic mass is 10.0. The number of aliphatic imine (C=N–C) groups is 1. The van der Waals surface area contributed by atoms with Crippen LogP contribution >= 0.6 is 24.0 Å². The predicted octanol–water partition coefficient (Wildman–Crippen LogP) is 2.99. The van der Waals surface area contributed by atoms with Crippen LogP contribution in [0.2, 0.25) is 0 Å². The molecule has 0 aromatic heterocycles. The third-order valence-corrected chi connectivity index (χ3v) is 5.84. The van der Waals surface area contributed by atoms with E-state index in [-0.39, 0.29) is 30.0 Å². The van der Waals surface area contributed by atoms with Gasteiger partial charge in [-0.05, 0) is 37.5 Å². The minimum absolute atomic E-state index is 0. The molecule has 1 fully saturated rings. The van der Waals surface area contributed by atoms with Crippen molar-refractivity contribution in [2.24, 2.45) is 4.99 Å². The maximum absolute atomic E-state index is 5.58. The highest BCUT2D eigenvalue weighted by Crippen LogP contribution is 2.32. The lowest BCUT2D eigenvalue weighted by molar-refractivity contribution is 0.0179. The van der Waals surface area contributed by atoms with E-state index < -0.39 is 0 Å². The van der Waals surface area contributed by atoms with Crippen molar-refractivity contribution in [3.63, 3.8) is 0 Å². The van der Waals surface area contributed by atoms with Crippen LogP contribution in [-0.4, -0.2) is 84.2 Å². The summed E-state index contributed by atoms with van der Waals surface area (Å²) in [5.74, 6) is 2.32. The van der Waals surface area contributed by atoms with E-state index in [1.807, 2.05) is 6.07 Å². The first kappa shape index (κ1) is 27.7. The van der Waals surface area contributed by atoms with Gasteiger partial charge in [0.1, 0.15) is 0 Å². The van der Waals surface area contributed by atoms with Gasteiger partial charge in [-0.1, -0.05) is 17.7 Å². The highest BCUT2D eigenvalue weighted by Gasteiger charge is 2.24. The summed E-state index contributed by atoms with van der Waals surface area (Å²) in [4.78, 5) is 7.38. The number of guanidine groups is 1. The molecule has 1 saturated heterocycles. The number of rotatable bonds is 10. The van der Waals surface area contributed by atoms with E-state index in [2.05, 4.69) is 40.7 Å². The smallest absolute Gasteiger partial charge is 0.191 e. The summed E-state index contributed by atoms with van der Waals surface area (Å²) in [6, 6.07) is 6.27. The van der Waals surface area contributed by atoms with Crippen molar-refractivity contribution < 1.29 is 18.9 Å². The van der Waals surface area contributed by atoms with Crippen LogP contribution in [0.4, 0.5) is 0 Å². The zero-order valence-corrected chi connectivity index (χ0v) is 22.4. The van der Waals surface area contributed by atoms with Crippen LogP contribution in [0.15, 0.2) is 34.8 Å². The van der Waals surface area contributed by atoms with E-state index in [1.54, 1.807) is 14.2 Å². The number of halogens is 1. The molecule has 0 spiro atoms. The van der Waals surface area contributed by atoms with Gasteiger partial charge in [0.25, 0.3) is 0 Å². The van der Waals surface area contributed by atoms with Gasteiger partial charge in [0.05, 0.1) is 53.2 Å². The van der Waals surface area contributed by atoms with E-state index in [1.165, 1.54) is 5.57 Å². The second kappa shape index (κ2) is 15.4. The van der Waals surface area contributed by atoms with Crippen molar-refractivity contribution in [1.82, 2.24) is 15.5 Å². The van der Waals surface area contributed by atoms with Crippen molar-refractivity contribution >= 4 is 29.9 Å². The molecule has 0 bridgehead atoms. The van der Waals surface area contributed by atoms with Gasteiger partial charge in [0, 0.05) is 26.2 Å². The zero-order chi connectivity index (χ0) is 22.6. The Morgan fingerprint density at radius 1 is 1.09 bits per heavy atom. The first-order valence-corrected chi connectivity index (χ1v) is 11.6. The highest BCUT2D eigenvalue weighted by molar-refractivity contribution is 14.0. The van der Waals surface area contributed by atoms with Crippen LogP contribution < -0.4 is 20.1 Å². The minimum atomic E-state index is 0. The largest absolute Gasteiger partial charge is 0.493 e. The highest BCUT2D eigenvalue weighted by atomic mass is 127. The van der Waals surface area contributed by atoms with Crippen molar-refractivity contribution in [2.75, 3.05) is 73.4 Å². The maximum atomic E-state index is 5.58. The molecule has 1 unspecified atom stereocenters. The van der Waals surface area contributed by atoms with Crippen molar-refractivity contribution in [1.29, 1.82) is 0 Å². The molecule has 2 heterocycles. The lowest BCUT2D eigenvalue weighted by Crippen LogP contribution is -2.42. The Morgan fingerprint density at radius 2 is 1.88 bits per heavy atom. The summed E-state index contributed by atoms with van der Waals surface area (Å²) in [5, 5.41) is 6.87. The standard InChI is InChI=1S/C24H38N4O4.HI/c1-4-25-24(26-10-7-19-8-13-31-14-9-19)27-18-21(28-11-15-32-16-12-28)20-5-6-22(29-2)23(17-20)30-3;/h5-6,8,17,21H,4,7,9-16,18H2,1-3H3,(H2,25,26,27);1H. The van der Waals surface area contributed by atoms with E-state index in [4.69, 9.17) is 23.9 Å². The van der Waals surface area contributed by atoms with Crippen LogP contribution in [-0.2, 0) is 9.47 Å². The molecule has 0 saturated carbocycles. The minimum Gasteiger partial charge on any atom is -0.493 e. The van der Waals surface area contributed by atoms with E-state index in [9.17, 15) is 0 Å². The van der Waals surface area contributed by atoms with Crippen LogP contribution in [0.5, 0.6) is 11.5 Å². The number of hydrogen-bond donors (Lipinski definition) is 2. The fourth-order valence-corrected chi connectivity index (χ4v) is 4.03. The third-order valence-electron chi connectivity index (χ3n) is 5.84. The molecule has 33 heavy (non-hydrogen) atoms. The number of nitrogens with one attached hydrogen (secondary N) is 2. The number of methoxy groups -OCH3 is 2. The van der Waals surface area contributed by atoms with Crippen molar-refractivity contribution in [3.8, 4) is 11.5 Å². The van der Waals surface area contributed by atoms with Crippen molar-refractivity contribution in [2.45, 2.75) is 25.8 Å². The first-order chi connectivity index (χ1) is 15.7. The molecule has 3 rings (SSSR count). The molecular weight excluding hydrogens is 535 g/mol. The van der Waals surface area contributed by atoms with Crippen LogP contribution in [0.1, 0.15) is 31.4 Å². The summed E-state index contributed by atoms with van der Waals surface area (Å²) in [5.41, 5.74) is 2.62. The zero-order valence-electron chi connectivity index (χ0n) is 20.1. The van der Waals surface area contributed by atoms with Crippen molar-refractivity contribution in [3.05, 3.63) is 35.4 Å². The second-order valence-corrected chi connectivity index (χ2v) is 7.86. The van der Waals surface area contributed by atoms with E-state index in [0.717, 1.165) is 88.5 Å². The Morgan fingerprint density at radius 3 is 2.55 bits per heavy atom. The molecule has 0 amide bonds. The normalized spacial score (nSPS) is 18.0. The number of ether oxygens (including phenoxy) is 4. The van der Waals surface area contributed by atoms with Gasteiger partial charge in [0.15, 0.2) is 17.5 Å². The van der Waals surface area contributed by atoms with Gasteiger partial charge < -0.3 is 29.6 Å². The Hall–Kier alpha value is -1.56. The van der Waals surface area contributed by atoms with E-state index in [0.29, 0.717) is 6.54 Å². The molecule has 9 heteroatoms. The van der Waals surface area contributed by atoms with E-state index >= 15 is 0 Å². The topological polar surface area (TPSA) is 76.6 Å². The molecule has 8 nitrogen and oxygen atoms in total. The third kappa shape index (κ3) is 8.62. The molecule has 1 aromatic rings. The Labute approximate surface area is 215 Å². The fourth-order valence-electron chi connectivity index (χ4n) is 4.03. The molecule has 1 atom stereocenters. The van der Waals surface area contributed by atoms with Gasteiger partial charge >= 0.3 is 0 Å². The maximum Gasteiger partial charge on any atom is 0.191 e. The van der Waals surface area contributed by atoms with Gasteiger partial charge in [-0.25, -0.2) is 0 Å². The lowest BCUT2D eigenvalue weighted by Gasteiger charge is -2.34. The Bertz CT molecular complexity index is 769. The molecule has 2 aliphatic rings. The van der Waals surface area contributed by atoms with Crippen LogP contribution in [0.3, 0.4) is 0 Å². The molecule has 0 radical (unpaired) electrons. The number of benzene rings is 1. The predicted molar refractivity (Wildman–Crippen MR) is 142 cm³/mol. The summed E-state index contributed by atoms with van der Waals surface area (Å²) >= 11 is 0. The molecular formula is C24H39IN4O4.